The topological polar surface area (TPSA) is 32.3 Å². The lowest BCUT2D eigenvalue weighted by atomic mass is 9.87. The van der Waals surface area contributed by atoms with Crippen LogP contribution in [-0.4, -0.2) is 11.7 Å². The van der Waals surface area contributed by atoms with Gasteiger partial charge in [0.05, 0.1) is 0 Å². The van der Waals surface area contributed by atoms with Gasteiger partial charge in [-0.15, -0.1) is 0 Å². The number of fused-ring (bicyclic) bond motifs is 1. The van der Waals surface area contributed by atoms with Crippen LogP contribution in [-0.2, 0) is 6.42 Å². The Bertz CT molecular complexity index is 400. The zero-order valence-electron chi connectivity index (χ0n) is 11.7. The van der Waals surface area contributed by atoms with E-state index >= 15 is 0 Å². The van der Waals surface area contributed by atoms with Gasteiger partial charge in [0.25, 0.3) is 0 Å². The molecular formula is C16H25NO. The van der Waals surface area contributed by atoms with Crippen molar-refractivity contribution in [1.82, 2.24) is 5.32 Å². The molecule has 1 aromatic carbocycles. The van der Waals surface area contributed by atoms with Crippen LogP contribution in [0, 0.1) is 11.8 Å². The summed E-state index contributed by atoms with van der Waals surface area (Å²) < 4.78 is 0. The molecule has 0 spiro atoms. The first-order valence-corrected chi connectivity index (χ1v) is 7.13. The lowest BCUT2D eigenvalue weighted by Gasteiger charge is -2.28. The second-order valence-corrected chi connectivity index (χ2v) is 5.96. The Hall–Kier alpha value is -1.02. The number of hydrogen-bond acceptors (Lipinski definition) is 2. The molecule has 100 valence electrons. The normalized spacial score (nSPS) is 20.8. The second-order valence-electron chi connectivity index (χ2n) is 5.96. The van der Waals surface area contributed by atoms with Crippen molar-refractivity contribution in [2.24, 2.45) is 11.8 Å². The smallest absolute Gasteiger partial charge is 0.115 e. The number of aryl methyl sites for hydroxylation is 1. The third kappa shape index (κ3) is 3.05. The molecule has 2 rings (SSSR count). The quantitative estimate of drug-likeness (QED) is 0.851. The van der Waals surface area contributed by atoms with Crippen LogP contribution in [0.15, 0.2) is 18.2 Å². The first-order valence-electron chi connectivity index (χ1n) is 7.13. The molecule has 2 atom stereocenters. The summed E-state index contributed by atoms with van der Waals surface area (Å²) in [5.74, 6) is 1.82. The van der Waals surface area contributed by atoms with Gasteiger partial charge in [-0.3, -0.25) is 0 Å². The van der Waals surface area contributed by atoms with Crippen molar-refractivity contribution in [2.45, 2.75) is 46.1 Å². The molecule has 0 radical (unpaired) electrons. The Labute approximate surface area is 110 Å². The van der Waals surface area contributed by atoms with Crippen molar-refractivity contribution in [1.29, 1.82) is 0 Å². The maximum atomic E-state index is 9.54. The van der Waals surface area contributed by atoms with Crippen LogP contribution in [0.5, 0.6) is 5.75 Å². The highest BCUT2D eigenvalue weighted by Gasteiger charge is 2.20. The molecule has 1 aromatic rings. The molecule has 0 aliphatic heterocycles. The highest BCUT2D eigenvalue weighted by molar-refractivity contribution is 5.38. The molecule has 2 N–H and O–H groups in total. The van der Waals surface area contributed by atoms with E-state index in [2.05, 4.69) is 32.2 Å². The van der Waals surface area contributed by atoms with E-state index in [-0.39, 0.29) is 0 Å². The predicted octanol–water partition coefficient (Wildman–Crippen LogP) is 3.65. The van der Waals surface area contributed by atoms with Gasteiger partial charge in [0.15, 0.2) is 0 Å². The molecule has 0 saturated carbocycles. The van der Waals surface area contributed by atoms with Crippen molar-refractivity contribution < 1.29 is 5.11 Å². The summed E-state index contributed by atoms with van der Waals surface area (Å²) in [5, 5.41) is 13.2. The highest BCUT2D eigenvalue weighted by atomic mass is 16.3. The number of benzene rings is 1. The van der Waals surface area contributed by atoms with Crippen LogP contribution in [0.3, 0.4) is 0 Å². The molecular weight excluding hydrogens is 222 g/mol. The molecule has 0 heterocycles. The standard InChI is InChI=1S/C16H25NO/c1-11(2)12(3)10-17-16-6-4-5-13-9-14(18)7-8-15(13)16/h7-9,11-12,16-18H,4-6,10H2,1-3H3. The van der Waals surface area contributed by atoms with E-state index in [1.54, 1.807) is 0 Å². The molecule has 1 aliphatic carbocycles. The molecule has 0 amide bonds. The lowest BCUT2D eigenvalue weighted by Crippen LogP contribution is -2.30. The minimum absolute atomic E-state index is 0.393. The summed E-state index contributed by atoms with van der Waals surface area (Å²) in [6, 6.07) is 6.29. The number of aromatic hydroxyl groups is 1. The van der Waals surface area contributed by atoms with Gasteiger partial charge in [-0.25, -0.2) is 0 Å². The van der Waals surface area contributed by atoms with Crippen molar-refractivity contribution in [2.75, 3.05) is 6.54 Å². The molecule has 0 fully saturated rings. The largest absolute Gasteiger partial charge is 0.508 e. The number of hydrogen-bond donors (Lipinski definition) is 2. The lowest BCUT2D eigenvalue weighted by molar-refractivity contribution is 0.353. The van der Waals surface area contributed by atoms with E-state index in [1.165, 1.54) is 24.0 Å². The van der Waals surface area contributed by atoms with Crippen LogP contribution in [0.1, 0.15) is 50.8 Å². The van der Waals surface area contributed by atoms with E-state index in [1.807, 2.05) is 12.1 Å². The molecule has 0 aromatic heterocycles. The molecule has 0 saturated heterocycles. The fourth-order valence-electron chi connectivity index (χ4n) is 2.58. The Morgan fingerprint density at radius 3 is 2.83 bits per heavy atom. The summed E-state index contributed by atoms with van der Waals surface area (Å²) in [4.78, 5) is 0. The maximum Gasteiger partial charge on any atom is 0.115 e. The van der Waals surface area contributed by atoms with Gasteiger partial charge < -0.3 is 10.4 Å². The number of phenolic OH excluding ortho intramolecular Hbond substituents is 1. The highest BCUT2D eigenvalue weighted by Crippen LogP contribution is 2.32. The van der Waals surface area contributed by atoms with Gasteiger partial charge in [0.1, 0.15) is 5.75 Å². The fourth-order valence-corrected chi connectivity index (χ4v) is 2.58. The van der Waals surface area contributed by atoms with Crippen LogP contribution in [0.25, 0.3) is 0 Å². The third-order valence-corrected chi connectivity index (χ3v) is 4.27. The minimum atomic E-state index is 0.393. The Balaban J connectivity index is 2.04. The van der Waals surface area contributed by atoms with Crippen LogP contribution >= 0.6 is 0 Å². The number of phenols is 1. The Kier molecular flexibility index (Phi) is 4.28. The Morgan fingerprint density at radius 1 is 1.33 bits per heavy atom. The van der Waals surface area contributed by atoms with Gasteiger partial charge in [-0.1, -0.05) is 26.8 Å². The molecule has 1 aliphatic rings. The van der Waals surface area contributed by atoms with E-state index in [0.717, 1.165) is 18.9 Å². The molecule has 2 nitrogen and oxygen atoms in total. The van der Waals surface area contributed by atoms with E-state index in [4.69, 9.17) is 0 Å². The van der Waals surface area contributed by atoms with Gasteiger partial charge in [-0.2, -0.15) is 0 Å². The van der Waals surface area contributed by atoms with E-state index in [0.29, 0.717) is 17.7 Å². The predicted molar refractivity (Wildman–Crippen MR) is 75.8 cm³/mol. The first kappa shape index (κ1) is 13.4. The Morgan fingerprint density at radius 2 is 2.11 bits per heavy atom. The molecule has 0 bridgehead atoms. The van der Waals surface area contributed by atoms with E-state index in [9.17, 15) is 5.11 Å². The minimum Gasteiger partial charge on any atom is -0.508 e. The van der Waals surface area contributed by atoms with Gasteiger partial charge in [0, 0.05) is 6.04 Å². The van der Waals surface area contributed by atoms with Gasteiger partial charge >= 0.3 is 0 Å². The van der Waals surface area contributed by atoms with Crippen molar-refractivity contribution >= 4 is 0 Å². The average molecular weight is 247 g/mol. The summed E-state index contributed by atoms with van der Waals surface area (Å²) in [6.07, 6.45) is 3.52. The number of nitrogens with one attached hydrogen (secondary N) is 1. The van der Waals surface area contributed by atoms with Crippen LogP contribution in [0.4, 0.5) is 0 Å². The van der Waals surface area contributed by atoms with Gasteiger partial charge in [0.2, 0.25) is 0 Å². The third-order valence-electron chi connectivity index (χ3n) is 4.27. The first-order chi connectivity index (χ1) is 8.58. The zero-order valence-corrected chi connectivity index (χ0v) is 11.7. The fraction of sp³-hybridized carbons (Fsp3) is 0.625. The molecule has 2 heteroatoms. The monoisotopic (exact) mass is 247 g/mol. The van der Waals surface area contributed by atoms with Crippen LogP contribution < -0.4 is 5.32 Å². The SMILES string of the molecule is CC(C)C(C)CNC1CCCc2cc(O)ccc21. The summed E-state index contributed by atoms with van der Waals surface area (Å²) >= 11 is 0. The van der Waals surface area contributed by atoms with Crippen molar-refractivity contribution in [3.8, 4) is 5.75 Å². The summed E-state index contributed by atoms with van der Waals surface area (Å²) in [5.41, 5.74) is 2.70. The average Bonchev–Trinajstić information content (AvgIpc) is 2.35. The van der Waals surface area contributed by atoms with E-state index < -0.39 is 0 Å². The van der Waals surface area contributed by atoms with Crippen molar-refractivity contribution in [3.05, 3.63) is 29.3 Å². The number of rotatable bonds is 4. The molecule has 2 unspecified atom stereocenters. The maximum absolute atomic E-state index is 9.54. The summed E-state index contributed by atoms with van der Waals surface area (Å²) in [6.45, 7) is 7.93. The second kappa shape index (κ2) is 5.75. The van der Waals surface area contributed by atoms with Gasteiger partial charge in [-0.05, 0) is 60.9 Å². The molecule has 18 heavy (non-hydrogen) atoms. The summed E-state index contributed by atoms with van der Waals surface area (Å²) in [7, 11) is 0. The van der Waals surface area contributed by atoms with Crippen molar-refractivity contribution in [3.63, 3.8) is 0 Å². The zero-order chi connectivity index (χ0) is 13.1. The van der Waals surface area contributed by atoms with Crippen LogP contribution in [0.2, 0.25) is 0 Å².